The minimum absolute atomic E-state index is 0.0462. The fourth-order valence-electron chi connectivity index (χ4n) is 2.75. The highest BCUT2D eigenvalue weighted by Gasteiger charge is 2.31. The normalized spacial score (nSPS) is 21.3. The number of benzene rings is 1. The van der Waals surface area contributed by atoms with Gasteiger partial charge in [-0.25, -0.2) is 0 Å². The molecule has 1 unspecified atom stereocenters. The number of carbonyl (C=O) groups is 1. The zero-order valence-corrected chi connectivity index (χ0v) is 14.1. The highest BCUT2D eigenvalue weighted by Crippen LogP contribution is 2.28. The van der Waals surface area contributed by atoms with Crippen LogP contribution in [0.3, 0.4) is 0 Å². The van der Waals surface area contributed by atoms with Gasteiger partial charge in [0.25, 0.3) is 0 Å². The van der Waals surface area contributed by atoms with E-state index in [4.69, 9.17) is 0 Å². The molecule has 1 amide bonds. The fraction of sp³-hybridized carbons (Fsp3) is 0.471. The SMILES string of the molecule is O=C(CCCc1csc2ccccc12)NCC1(O)CCSC1. The van der Waals surface area contributed by atoms with E-state index in [1.165, 1.54) is 15.6 Å². The molecule has 0 saturated carbocycles. The van der Waals surface area contributed by atoms with Crippen molar-refractivity contribution in [1.29, 1.82) is 0 Å². The van der Waals surface area contributed by atoms with Crippen LogP contribution in [0.4, 0.5) is 0 Å². The number of hydrogen-bond acceptors (Lipinski definition) is 4. The van der Waals surface area contributed by atoms with E-state index in [-0.39, 0.29) is 5.91 Å². The van der Waals surface area contributed by atoms with Gasteiger partial charge in [0, 0.05) is 23.4 Å². The molecule has 1 atom stereocenters. The topological polar surface area (TPSA) is 49.3 Å². The quantitative estimate of drug-likeness (QED) is 0.852. The van der Waals surface area contributed by atoms with Crippen LogP contribution in [-0.4, -0.2) is 34.7 Å². The third kappa shape index (κ3) is 3.83. The molecule has 3 nitrogen and oxygen atoms in total. The summed E-state index contributed by atoms with van der Waals surface area (Å²) in [6.45, 7) is 0.389. The van der Waals surface area contributed by atoms with Crippen LogP contribution in [0.5, 0.6) is 0 Å². The van der Waals surface area contributed by atoms with Gasteiger partial charge in [-0.3, -0.25) is 4.79 Å². The maximum absolute atomic E-state index is 11.9. The van der Waals surface area contributed by atoms with E-state index in [0.29, 0.717) is 13.0 Å². The number of carbonyl (C=O) groups excluding carboxylic acids is 1. The van der Waals surface area contributed by atoms with Gasteiger partial charge in [-0.2, -0.15) is 11.8 Å². The zero-order valence-electron chi connectivity index (χ0n) is 12.5. The maximum atomic E-state index is 11.9. The minimum atomic E-state index is -0.691. The van der Waals surface area contributed by atoms with Gasteiger partial charge < -0.3 is 10.4 Å². The van der Waals surface area contributed by atoms with Gasteiger partial charge in [-0.05, 0) is 47.4 Å². The molecule has 0 radical (unpaired) electrons. The second-order valence-corrected chi connectivity index (χ2v) is 7.93. The average Bonchev–Trinajstić information content (AvgIpc) is 3.13. The van der Waals surface area contributed by atoms with Crippen LogP contribution in [0.15, 0.2) is 29.6 Å². The van der Waals surface area contributed by atoms with Crippen molar-refractivity contribution >= 4 is 39.1 Å². The molecule has 2 heterocycles. The fourth-order valence-corrected chi connectivity index (χ4v) is 5.05. The Morgan fingerprint density at radius 3 is 3.05 bits per heavy atom. The Hall–Kier alpha value is -1.04. The van der Waals surface area contributed by atoms with Crippen LogP contribution in [0.25, 0.3) is 10.1 Å². The van der Waals surface area contributed by atoms with Gasteiger partial charge in [0.1, 0.15) is 0 Å². The Morgan fingerprint density at radius 1 is 1.36 bits per heavy atom. The highest BCUT2D eigenvalue weighted by molar-refractivity contribution is 7.99. The Labute approximate surface area is 139 Å². The molecular weight excluding hydrogens is 314 g/mol. The van der Waals surface area contributed by atoms with E-state index in [1.54, 1.807) is 23.1 Å². The molecule has 1 aromatic heterocycles. The summed E-state index contributed by atoms with van der Waals surface area (Å²) in [4.78, 5) is 11.9. The Balaban J connectivity index is 1.43. The van der Waals surface area contributed by atoms with Crippen LogP contribution in [-0.2, 0) is 11.2 Å². The third-order valence-corrected chi connectivity index (χ3v) is 6.35. The number of thiophene rings is 1. The van der Waals surface area contributed by atoms with Gasteiger partial charge in [-0.1, -0.05) is 18.2 Å². The van der Waals surface area contributed by atoms with E-state index in [0.717, 1.165) is 30.8 Å². The predicted octanol–water partition coefficient (Wildman–Crippen LogP) is 3.21. The van der Waals surface area contributed by atoms with Gasteiger partial charge >= 0.3 is 0 Å². The third-order valence-electron chi connectivity index (χ3n) is 4.11. The number of aryl methyl sites for hydroxylation is 1. The lowest BCUT2D eigenvalue weighted by molar-refractivity contribution is -0.122. The molecule has 1 aromatic carbocycles. The van der Waals surface area contributed by atoms with Gasteiger partial charge in [0.15, 0.2) is 0 Å². The first-order chi connectivity index (χ1) is 10.7. The van der Waals surface area contributed by atoms with Crippen molar-refractivity contribution in [2.24, 2.45) is 0 Å². The Kier molecular flexibility index (Phi) is 5.06. The summed E-state index contributed by atoms with van der Waals surface area (Å²) in [7, 11) is 0. The lowest BCUT2D eigenvalue weighted by atomic mass is 10.0. The maximum Gasteiger partial charge on any atom is 0.220 e. The summed E-state index contributed by atoms with van der Waals surface area (Å²) in [5, 5.41) is 16.6. The largest absolute Gasteiger partial charge is 0.387 e. The molecule has 1 fully saturated rings. The second-order valence-electron chi connectivity index (χ2n) is 5.91. The number of amides is 1. The number of thioether (sulfide) groups is 1. The molecule has 22 heavy (non-hydrogen) atoms. The van der Waals surface area contributed by atoms with Crippen LogP contribution < -0.4 is 5.32 Å². The monoisotopic (exact) mass is 335 g/mol. The smallest absolute Gasteiger partial charge is 0.220 e. The van der Waals surface area contributed by atoms with Gasteiger partial charge in [0.2, 0.25) is 5.91 Å². The van der Waals surface area contributed by atoms with Crippen molar-refractivity contribution in [2.45, 2.75) is 31.3 Å². The van der Waals surface area contributed by atoms with Gasteiger partial charge in [0.05, 0.1) is 5.60 Å². The summed E-state index contributed by atoms with van der Waals surface area (Å²) >= 11 is 3.51. The van der Waals surface area contributed by atoms with E-state index in [2.05, 4.69) is 35.0 Å². The van der Waals surface area contributed by atoms with Crippen LogP contribution in [0, 0.1) is 0 Å². The molecule has 1 aliphatic rings. The summed E-state index contributed by atoms with van der Waals surface area (Å²) in [6.07, 6.45) is 3.07. The summed E-state index contributed by atoms with van der Waals surface area (Å²) in [5.41, 5.74) is 0.642. The molecule has 1 aliphatic heterocycles. The molecule has 3 rings (SSSR count). The lowest BCUT2D eigenvalue weighted by Crippen LogP contribution is -2.42. The molecule has 1 saturated heterocycles. The highest BCUT2D eigenvalue weighted by atomic mass is 32.2. The summed E-state index contributed by atoms with van der Waals surface area (Å²) < 4.78 is 1.31. The molecule has 0 bridgehead atoms. The van der Waals surface area contributed by atoms with E-state index < -0.39 is 5.60 Å². The number of aliphatic hydroxyl groups is 1. The summed E-state index contributed by atoms with van der Waals surface area (Å²) in [5.74, 6) is 1.76. The molecule has 2 aromatic rings. The Morgan fingerprint density at radius 2 is 2.23 bits per heavy atom. The molecule has 2 N–H and O–H groups in total. The van der Waals surface area contributed by atoms with Crippen molar-refractivity contribution < 1.29 is 9.90 Å². The van der Waals surface area contributed by atoms with Crippen molar-refractivity contribution in [3.05, 3.63) is 35.2 Å². The van der Waals surface area contributed by atoms with Gasteiger partial charge in [-0.15, -0.1) is 11.3 Å². The van der Waals surface area contributed by atoms with Crippen molar-refractivity contribution in [1.82, 2.24) is 5.32 Å². The van der Waals surface area contributed by atoms with Crippen LogP contribution >= 0.6 is 23.1 Å². The Bertz CT molecular complexity index is 647. The average molecular weight is 335 g/mol. The first-order valence-electron chi connectivity index (χ1n) is 7.68. The molecular formula is C17H21NO2S2. The van der Waals surface area contributed by atoms with E-state index >= 15 is 0 Å². The lowest BCUT2D eigenvalue weighted by Gasteiger charge is -2.21. The standard InChI is InChI=1S/C17H21NO2S2/c19-16(18-11-17(20)8-9-21-12-17)7-3-4-13-10-22-15-6-2-1-5-14(13)15/h1-2,5-6,10,20H,3-4,7-9,11-12H2,(H,18,19). The van der Waals surface area contributed by atoms with E-state index in [1.807, 2.05) is 0 Å². The minimum Gasteiger partial charge on any atom is -0.387 e. The first-order valence-corrected chi connectivity index (χ1v) is 9.72. The van der Waals surface area contributed by atoms with Crippen LogP contribution in [0.1, 0.15) is 24.8 Å². The van der Waals surface area contributed by atoms with E-state index in [9.17, 15) is 9.90 Å². The predicted molar refractivity (Wildman–Crippen MR) is 94.7 cm³/mol. The number of hydrogen-bond donors (Lipinski definition) is 2. The molecule has 118 valence electrons. The molecule has 5 heteroatoms. The second kappa shape index (κ2) is 7.02. The number of rotatable bonds is 6. The summed E-state index contributed by atoms with van der Waals surface area (Å²) in [6, 6.07) is 8.40. The first kappa shape index (κ1) is 15.8. The zero-order chi connectivity index (χ0) is 15.4. The number of fused-ring (bicyclic) bond motifs is 1. The molecule has 0 spiro atoms. The van der Waals surface area contributed by atoms with Crippen molar-refractivity contribution in [2.75, 3.05) is 18.1 Å². The van der Waals surface area contributed by atoms with Crippen molar-refractivity contribution in [3.63, 3.8) is 0 Å². The molecule has 0 aliphatic carbocycles. The van der Waals surface area contributed by atoms with Crippen molar-refractivity contribution in [3.8, 4) is 0 Å². The number of nitrogens with one attached hydrogen (secondary N) is 1. The van der Waals surface area contributed by atoms with Crippen LogP contribution in [0.2, 0.25) is 0 Å².